The van der Waals surface area contributed by atoms with Gasteiger partial charge in [0.2, 0.25) is 5.91 Å². The number of aromatic carboxylic acids is 1. The number of hydrogen-bond donors (Lipinski definition) is 2. The zero-order valence-electron chi connectivity index (χ0n) is 10.9. The van der Waals surface area contributed by atoms with Crippen LogP contribution in [0.1, 0.15) is 22.8 Å². The monoisotopic (exact) mass is 299 g/mol. The summed E-state index contributed by atoms with van der Waals surface area (Å²) in [5, 5.41) is 11.0. The highest BCUT2D eigenvalue weighted by Crippen LogP contribution is 2.32. The number of hydrogen-bond acceptors (Lipinski definition) is 2. The Balaban J connectivity index is 3.09. The van der Waals surface area contributed by atoms with E-state index in [-0.39, 0.29) is 5.69 Å². The predicted molar refractivity (Wildman–Crippen MR) is 71.0 cm³/mol. The maximum absolute atomic E-state index is 12.7. The van der Waals surface area contributed by atoms with Gasteiger partial charge in [-0.25, -0.2) is 4.79 Å². The molecule has 0 fully saturated rings. The van der Waals surface area contributed by atoms with Gasteiger partial charge < -0.3 is 10.4 Å². The first kappa shape index (κ1) is 16.5. The summed E-state index contributed by atoms with van der Waals surface area (Å²) in [6.07, 6.45) is 1.04. The van der Waals surface area contributed by atoms with E-state index in [1.807, 2.05) is 0 Å². The standard InChI is InChI=1S/C14H12F3NO3/c1-2-3-4-5-12(19)18-11-7-9(13(20)21)6-10(8-11)14(15,16)17/h2-8H,1H3,(H,18,19)(H,20,21). The van der Waals surface area contributed by atoms with Crippen molar-refractivity contribution in [1.29, 1.82) is 0 Å². The zero-order valence-corrected chi connectivity index (χ0v) is 10.9. The maximum Gasteiger partial charge on any atom is 0.416 e. The predicted octanol–water partition coefficient (Wildman–Crippen LogP) is 3.47. The van der Waals surface area contributed by atoms with Crippen molar-refractivity contribution in [3.8, 4) is 0 Å². The van der Waals surface area contributed by atoms with Crippen molar-refractivity contribution in [2.24, 2.45) is 0 Å². The first-order chi connectivity index (χ1) is 9.74. The van der Waals surface area contributed by atoms with Gasteiger partial charge in [0.05, 0.1) is 11.1 Å². The van der Waals surface area contributed by atoms with Crippen molar-refractivity contribution in [2.75, 3.05) is 5.32 Å². The van der Waals surface area contributed by atoms with Crippen LogP contribution in [-0.4, -0.2) is 17.0 Å². The highest BCUT2D eigenvalue weighted by atomic mass is 19.4. The molecule has 4 nitrogen and oxygen atoms in total. The van der Waals surface area contributed by atoms with Crippen molar-refractivity contribution in [1.82, 2.24) is 0 Å². The van der Waals surface area contributed by atoms with Gasteiger partial charge in [0.25, 0.3) is 0 Å². The van der Waals surface area contributed by atoms with Crippen molar-refractivity contribution < 1.29 is 27.9 Å². The second kappa shape index (κ2) is 6.74. The Kier molecular flexibility index (Phi) is 5.29. The molecule has 1 rings (SSSR count). The van der Waals surface area contributed by atoms with Crippen LogP contribution in [0.2, 0.25) is 0 Å². The molecule has 0 aromatic heterocycles. The minimum Gasteiger partial charge on any atom is -0.478 e. The van der Waals surface area contributed by atoms with E-state index in [1.165, 1.54) is 6.08 Å². The van der Waals surface area contributed by atoms with Gasteiger partial charge >= 0.3 is 12.1 Å². The molecule has 0 atom stereocenters. The molecule has 0 aliphatic heterocycles. The highest BCUT2D eigenvalue weighted by Gasteiger charge is 2.32. The van der Waals surface area contributed by atoms with Gasteiger partial charge in [-0.15, -0.1) is 0 Å². The van der Waals surface area contributed by atoms with E-state index in [0.717, 1.165) is 12.1 Å². The number of nitrogens with one attached hydrogen (secondary N) is 1. The number of carboxylic acids is 1. The third-order valence-electron chi connectivity index (χ3n) is 2.33. The zero-order chi connectivity index (χ0) is 16.0. The molecule has 0 saturated carbocycles. The van der Waals surface area contributed by atoms with Gasteiger partial charge in [-0.05, 0) is 25.1 Å². The maximum atomic E-state index is 12.7. The minimum atomic E-state index is -4.70. The minimum absolute atomic E-state index is 0.239. The lowest BCUT2D eigenvalue weighted by Crippen LogP contribution is -2.12. The van der Waals surface area contributed by atoms with Gasteiger partial charge in [0.15, 0.2) is 0 Å². The number of anilines is 1. The lowest BCUT2D eigenvalue weighted by Gasteiger charge is -2.10. The van der Waals surface area contributed by atoms with Gasteiger partial charge in [-0.1, -0.05) is 18.2 Å². The van der Waals surface area contributed by atoms with Gasteiger partial charge in [0.1, 0.15) is 0 Å². The Morgan fingerprint density at radius 1 is 1.19 bits per heavy atom. The summed E-state index contributed by atoms with van der Waals surface area (Å²) < 4.78 is 38.0. The number of allylic oxidation sites excluding steroid dienone is 3. The number of benzene rings is 1. The number of carbonyl (C=O) groups excluding carboxylic acids is 1. The summed E-state index contributed by atoms with van der Waals surface area (Å²) in [6, 6.07) is 2.14. The van der Waals surface area contributed by atoms with Crippen LogP contribution in [0.25, 0.3) is 0 Å². The molecule has 2 N–H and O–H groups in total. The van der Waals surface area contributed by atoms with Gasteiger partial charge in [0, 0.05) is 11.8 Å². The van der Waals surface area contributed by atoms with Crippen LogP contribution in [0, 0.1) is 0 Å². The van der Waals surface area contributed by atoms with Crippen LogP contribution in [0.5, 0.6) is 0 Å². The fourth-order valence-electron chi connectivity index (χ4n) is 1.42. The van der Waals surface area contributed by atoms with E-state index < -0.39 is 29.2 Å². The Morgan fingerprint density at radius 3 is 2.38 bits per heavy atom. The van der Waals surface area contributed by atoms with Crippen molar-refractivity contribution >= 4 is 17.6 Å². The summed E-state index contributed by atoms with van der Waals surface area (Å²) in [5.41, 5.74) is -1.94. The van der Waals surface area contributed by atoms with Crippen LogP contribution in [0.3, 0.4) is 0 Å². The molecule has 0 aliphatic rings. The molecule has 1 amide bonds. The molecule has 7 heteroatoms. The lowest BCUT2D eigenvalue weighted by atomic mass is 10.1. The fourth-order valence-corrected chi connectivity index (χ4v) is 1.42. The molecule has 0 unspecified atom stereocenters. The number of carboxylic acid groups (broad SMARTS) is 1. The summed E-state index contributed by atoms with van der Waals surface area (Å²) in [4.78, 5) is 22.3. The van der Waals surface area contributed by atoms with E-state index in [4.69, 9.17) is 5.11 Å². The second-order valence-corrected chi connectivity index (χ2v) is 3.98. The number of rotatable bonds is 4. The molecule has 0 radical (unpaired) electrons. The molecule has 1 aromatic carbocycles. The van der Waals surface area contributed by atoms with Crippen LogP contribution in [0.15, 0.2) is 42.5 Å². The molecule has 0 heterocycles. The van der Waals surface area contributed by atoms with E-state index in [9.17, 15) is 22.8 Å². The number of carbonyl (C=O) groups is 2. The normalized spacial score (nSPS) is 12.0. The Bertz CT molecular complexity index is 604. The average molecular weight is 299 g/mol. The number of alkyl halides is 3. The Morgan fingerprint density at radius 2 is 1.86 bits per heavy atom. The summed E-state index contributed by atoms with van der Waals surface area (Å²) >= 11 is 0. The van der Waals surface area contributed by atoms with Crippen molar-refractivity contribution in [3.63, 3.8) is 0 Å². The average Bonchev–Trinajstić information content (AvgIpc) is 2.37. The van der Waals surface area contributed by atoms with Crippen LogP contribution >= 0.6 is 0 Å². The second-order valence-electron chi connectivity index (χ2n) is 3.98. The van der Waals surface area contributed by atoms with Gasteiger partial charge in [-0.3, -0.25) is 4.79 Å². The summed E-state index contributed by atoms with van der Waals surface area (Å²) in [5.74, 6) is -2.18. The molecule has 1 aromatic rings. The molecule has 0 bridgehead atoms. The van der Waals surface area contributed by atoms with E-state index in [0.29, 0.717) is 12.1 Å². The lowest BCUT2D eigenvalue weighted by molar-refractivity contribution is -0.137. The van der Waals surface area contributed by atoms with E-state index in [2.05, 4.69) is 5.32 Å². The summed E-state index contributed by atoms with van der Waals surface area (Å²) in [6.45, 7) is 1.73. The van der Waals surface area contributed by atoms with E-state index in [1.54, 1.807) is 19.1 Å². The first-order valence-electron chi connectivity index (χ1n) is 5.80. The quantitative estimate of drug-likeness (QED) is 0.661. The molecular formula is C14H12F3NO3. The number of amides is 1. The molecule has 21 heavy (non-hydrogen) atoms. The molecule has 0 spiro atoms. The van der Waals surface area contributed by atoms with Gasteiger partial charge in [-0.2, -0.15) is 13.2 Å². The fraction of sp³-hybridized carbons (Fsp3) is 0.143. The van der Waals surface area contributed by atoms with Crippen LogP contribution < -0.4 is 5.32 Å². The Labute approximate surface area is 118 Å². The molecule has 0 aliphatic carbocycles. The largest absolute Gasteiger partial charge is 0.478 e. The molecular weight excluding hydrogens is 287 g/mol. The topological polar surface area (TPSA) is 66.4 Å². The Hall–Kier alpha value is -2.57. The number of halogens is 3. The van der Waals surface area contributed by atoms with Crippen molar-refractivity contribution in [3.05, 3.63) is 53.6 Å². The first-order valence-corrected chi connectivity index (χ1v) is 5.80. The van der Waals surface area contributed by atoms with Crippen molar-refractivity contribution in [2.45, 2.75) is 13.1 Å². The third kappa shape index (κ3) is 5.13. The van der Waals surface area contributed by atoms with Crippen LogP contribution in [0.4, 0.5) is 18.9 Å². The van der Waals surface area contributed by atoms with Crippen LogP contribution in [-0.2, 0) is 11.0 Å². The highest BCUT2D eigenvalue weighted by molar-refractivity contribution is 6.00. The smallest absolute Gasteiger partial charge is 0.416 e. The van der Waals surface area contributed by atoms with E-state index >= 15 is 0 Å². The SMILES string of the molecule is CC=CC=CC(=O)Nc1cc(C(=O)O)cc(C(F)(F)F)c1. The molecule has 0 saturated heterocycles. The molecule has 112 valence electrons. The summed E-state index contributed by atoms with van der Waals surface area (Å²) in [7, 11) is 0. The third-order valence-corrected chi connectivity index (χ3v) is 2.33.